The first kappa shape index (κ1) is 5.83. The molecule has 0 N–H and O–H groups in total. The Labute approximate surface area is 51.2 Å². The first-order valence-electron chi connectivity index (χ1n) is 3.21. The van der Waals surface area contributed by atoms with Gasteiger partial charge >= 0.3 is 0 Å². The SMILES string of the molecule is C=CC[N+]1(C)CCC1. The van der Waals surface area contributed by atoms with E-state index in [4.69, 9.17) is 0 Å². The van der Waals surface area contributed by atoms with Crippen molar-refractivity contribution >= 4 is 0 Å². The third-order valence-corrected chi connectivity index (χ3v) is 1.97. The van der Waals surface area contributed by atoms with Crippen LogP contribution in [0, 0.1) is 0 Å². The zero-order valence-corrected chi connectivity index (χ0v) is 5.56. The molecule has 8 heavy (non-hydrogen) atoms. The molecule has 1 fully saturated rings. The summed E-state index contributed by atoms with van der Waals surface area (Å²) < 4.78 is 1.23. The molecule has 0 atom stereocenters. The monoisotopic (exact) mass is 112 g/mol. The van der Waals surface area contributed by atoms with Crippen molar-refractivity contribution in [1.29, 1.82) is 0 Å². The minimum Gasteiger partial charge on any atom is -0.322 e. The van der Waals surface area contributed by atoms with E-state index in [9.17, 15) is 0 Å². The maximum absolute atomic E-state index is 3.71. The lowest BCUT2D eigenvalue weighted by molar-refractivity contribution is -0.940. The molecule has 0 radical (unpaired) electrons. The maximum atomic E-state index is 3.71. The molecule has 1 heterocycles. The zero-order valence-electron chi connectivity index (χ0n) is 5.56. The summed E-state index contributed by atoms with van der Waals surface area (Å²) >= 11 is 0. The number of hydrogen-bond donors (Lipinski definition) is 0. The second kappa shape index (κ2) is 1.90. The Balaban J connectivity index is 2.29. The van der Waals surface area contributed by atoms with Gasteiger partial charge in [0.15, 0.2) is 0 Å². The predicted octanol–water partition coefficient (Wildman–Crippen LogP) is 1.02. The minimum absolute atomic E-state index is 1.15. The summed E-state index contributed by atoms with van der Waals surface area (Å²) in [5.41, 5.74) is 0. The van der Waals surface area contributed by atoms with Crippen LogP contribution in [0.3, 0.4) is 0 Å². The largest absolute Gasteiger partial charge is 0.322 e. The van der Waals surface area contributed by atoms with Gasteiger partial charge in [0, 0.05) is 6.42 Å². The van der Waals surface area contributed by atoms with Crippen molar-refractivity contribution in [3.63, 3.8) is 0 Å². The Kier molecular flexibility index (Phi) is 1.39. The Bertz CT molecular complexity index is 92.6. The lowest BCUT2D eigenvalue weighted by Gasteiger charge is -2.41. The quantitative estimate of drug-likeness (QED) is 0.369. The van der Waals surface area contributed by atoms with E-state index in [0.29, 0.717) is 0 Å². The molecule has 0 aromatic carbocycles. The minimum atomic E-state index is 1.15. The summed E-state index contributed by atoms with van der Waals surface area (Å²) in [7, 11) is 2.28. The molecule has 0 amide bonds. The molecular weight excluding hydrogens is 98.1 g/mol. The van der Waals surface area contributed by atoms with Crippen LogP contribution in [-0.2, 0) is 0 Å². The standard InChI is InChI=1S/C7H14N/c1-3-5-8(2)6-4-7-8/h3H,1,4-7H2,2H3/q+1. The highest BCUT2D eigenvalue weighted by atomic mass is 15.4. The molecular formula is C7H14N+. The normalized spacial score (nSPS) is 24.1. The van der Waals surface area contributed by atoms with Crippen LogP contribution in [-0.4, -0.2) is 31.2 Å². The maximum Gasteiger partial charge on any atom is 0.0969 e. The zero-order chi connectivity index (χ0) is 6.04. The van der Waals surface area contributed by atoms with Gasteiger partial charge in [0.25, 0.3) is 0 Å². The Morgan fingerprint density at radius 3 is 2.38 bits per heavy atom. The van der Waals surface area contributed by atoms with Crippen LogP contribution in [0.5, 0.6) is 0 Å². The van der Waals surface area contributed by atoms with Gasteiger partial charge in [-0.05, 0) is 6.08 Å². The molecule has 0 unspecified atom stereocenters. The van der Waals surface area contributed by atoms with E-state index in [1.165, 1.54) is 24.0 Å². The molecule has 0 spiro atoms. The van der Waals surface area contributed by atoms with Crippen LogP contribution in [0.25, 0.3) is 0 Å². The molecule has 1 aliphatic rings. The van der Waals surface area contributed by atoms with Crippen molar-refractivity contribution in [2.45, 2.75) is 6.42 Å². The Hall–Kier alpha value is -0.300. The summed E-state index contributed by atoms with van der Waals surface area (Å²) in [4.78, 5) is 0. The second-order valence-corrected chi connectivity index (χ2v) is 2.89. The number of likely N-dealkylation sites (N-methyl/N-ethyl adjacent to an activating group) is 1. The molecule has 1 heteroatoms. The molecule has 1 aliphatic heterocycles. The van der Waals surface area contributed by atoms with Gasteiger partial charge in [-0.2, -0.15) is 0 Å². The van der Waals surface area contributed by atoms with Gasteiger partial charge in [0.2, 0.25) is 0 Å². The summed E-state index contributed by atoms with van der Waals surface area (Å²) in [5.74, 6) is 0. The highest BCUT2D eigenvalue weighted by molar-refractivity contribution is 4.67. The molecule has 1 saturated heterocycles. The lowest BCUT2D eigenvalue weighted by Crippen LogP contribution is -2.54. The summed E-state index contributed by atoms with van der Waals surface area (Å²) in [5, 5.41) is 0. The van der Waals surface area contributed by atoms with Crippen molar-refractivity contribution in [3.8, 4) is 0 Å². The average molecular weight is 112 g/mol. The number of quaternary nitrogens is 1. The van der Waals surface area contributed by atoms with Gasteiger partial charge in [-0.15, -0.1) is 0 Å². The molecule has 46 valence electrons. The van der Waals surface area contributed by atoms with Crippen LogP contribution >= 0.6 is 0 Å². The number of hydrogen-bond acceptors (Lipinski definition) is 0. The van der Waals surface area contributed by atoms with Crippen molar-refractivity contribution in [2.24, 2.45) is 0 Å². The van der Waals surface area contributed by atoms with Crippen LogP contribution in [0.2, 0.25) is 0 Å². The smallest absolute Gasteiger partial charge is 0.0969 e. The fourth-order valence-electron chi connectivity index (χ4n) is 1.19. The molecule has 0 aromatic heterocycles. The van der Waals surface area contributed by atoms with Crippen molar-refractivity contribution < 1.29 is 4.48 Å². The average Bonchev–Trinajstić information content (AvgIpc) is 1.64. The second-order valence-electron chi connectivity index (χ2n) is 2.89. The lowest BCUT2D eigenvalue weighted by atomic mass is 10.1. The Morgan fingerprint density at radius 1 is 1.62 bits per heavy atom. The summed E-state index contributed by atoms with van der Waals surface area (Å²) in [6.07, 6.45) is 3.42. The van der Waals surface area contributed by atoms with Crippen LogP contribution < -0.4 is 0 Å². The molecule has 0 aromatic rings. The third kappa shape index (κ3) is 0.920. The fourth-order valence-corrected chi connectivity index (χ4v) is 1.19. The van der Waals surface area contributed by atoms with Crippen LogP contribution in [0.1, 0.15) is 6.42 Å². The highest BCUT2D eigenvalue weighted by Crippen LogP contribution is 2.14. The summed E-state index contributed by atoms with van der Waals surface area (Å²) in [6, 6.07) is 0. The van der Waals surface area contributed by atoms with E-state index in [-0.39, 0.29) is 0 Å². The number of likely N-dealkylation sites (tertiary alicyclic amines) is 1. The van der Waals surface area contributed by atoms with Gasteiger partial charge in [-0.25, -0.2) is 0 Å². The van der Waals surface area contributed by atoms with Crippen molar-refractivity contribution in [1.82, 2.24) is 0 Å². The first-order chi connectivity index (χ1) is 3.77. The van der Waals surface area contributed by atoms with Crippen molar-refractivity contribution in [2.75, 3.05) is 26.7 Å². The summed E-state index contributed by atoms with van der Waals surface area (Å²) in [6.45, 7) is 7.57. The van der Waals surface area contributed by atoms with Gasteiger partial charge in [-0.3, -0.25) is 0 Å². The predicted molar refractivity (Wildman–Crippen MR) is 35.6 cm³/mol. The van der Waals surface area contributed by atoms with E-state index in [0.717, 1.165) is 6.54 Å². The highest BCUT2D eigenvalue weighted by Gasteiger charge is 2.27. The fraction of sp³-hybridized carbons (Fsp3) is 0.714. The van der Waals surface area contributed by atoms with Crippen molar-refractivity contribution in [3.05, 3.63) is 12.7 Å². The van der Waals surface area contributed by atoms with E-state index in [1.54, 1.807) is 0 Å². The van der Waals surface area contributed by atoms with Crippen LogP contribution in [0.15, 0.2) is 12.7 Å². The van der Waals surface area contributed by atoms with Gasteiger partial charge in [-0.1, -0.05) is 6.58 Å². The Morgan fingerprint density at radius 2 is 2.25 bits per heavy atom. The molecule has 1 rings (SSSR count). The topological polar surface area (TPSA) is 0 Å². The van der Waals surface area contributed by atoms with E-state index in [1.807, 2.05) is 6.08 Å². The molecule has 0 saturated carbocycles. The van der Waals surface area contributed by atoms with E-state index in [2.05, 4.69) is 13.6 Å². The van der Waals surface area contributed by atoms with Gasteiger partial charge in [0.05, 0.1) is 26.7 Å². The molecule has 0 bridgehead atoms. The van der Waals surface area contributed by atoms with Gasteiger partial charge in [0.1, 0.15) is 0 Å². The molecule has 1 nitrogen and oxygen atoms in total. The van der Waals surface area contributed by atoms with E-state index < -0.39 is 0 Å². The van der Waals surface area contributed by atoms with Gasteiger partial charge < -0.3 is 4.48 Å². The van der Waals surface area contributed by atoms with Crippen LogP contribution in [0.4, 0.5) is 0 Å². The first-order valence-corrected chi connectivity index (χ1v) is 3.21. The molecule has 0 aliphatic carbocycles. The number of nitrogens with zero attached hydrogens (tertiary/aromatic N) is 1. The van der Waals surface area contributed by atoms with E-state index >= 15 is 0 Å². The third-order valence-electron chi connectivity index (χ3n) is 1.97. The number of rotatable bonds is 2.